The van der Waals surface area contributed by atoms with Crippen LogP contribution in [-0.2, 0) is 4.79 Å². The van der Waals surface area contributed by atoms with Crippen molar-refractivity contribution in [2.45, 2.75) is 0 Å². The molecule has 1 aromatic heterocycles. The first kappa shape index (κ1) is 12.9. The minimum Gasteiger partial charge on any atom is -0.459 e. The first-order chi connectivity index (χ1) is 10.3. The van der Waals surface area contributed by atoms with Crippen LogP contribution in [0.15, 0.2) is 59.2 Å². The molecule has 0 bridgehead atoms. The van der Waals surface area contributed by atoms with Crippen molar-refractivity contribution in [2.24, 2.45) is 0 Å². The quantitative estimate of drug-likeness (QED) is 0.312. The maximum atomic E-state index is 11.5. The lowest BCUT2D eigenvalue weighted by atomic mass is 10.1. The Morgan fingerprint density at radius 2 is 1.76 bits per heavy atom. The minimum absolute atomic E-state index is 0.0587. The average Bonchev–Trinajstić information content (AvgIpc) is 2.96. The van der Waals surface area contributed by atoms with Gasteiger partial charge < -0.3 is 4.42 Å². The zero-order valence-electron chi connectivity index (χ0n) is 11.0. The molecule has 21 heavy (non-hydrogen) atoms. The van der Waals surface area contributed by atoms with E-state index in [1.54, 1.807) is 6.07 Å². The molecule has 0 aliphatic heterocycles. The maximum absolute atomic E-state index is 11.5. The molecule has 0 saturated carbocycles. The fourth-order valence-electron chi connectivity index (χ4n) is 2.03. The van der Waals surface area contributed by atoms with Crippen molar-refractivity contribution in [2.75, 3.05) is 0 Å². The van der Waals surface area contributed by atoms with E-state index in [0.717, 1.165) is 16.5 Å². The number of furan rings is 1. The minimum atomic E-state index is -0.668. The van der Waals surface area contributed by atoms with E-state index < -0.39 is 5.78 Å². The Balaban J connectivity index is 2.03. The number of hydrogen-bond donors (Lipinski definition) is 0. The van der Waals surface area contributed by atoms with Crippen molar-refractivity contribution in [3.63, 3.8) is 0 Å². The lowest BCUT2D eigenvalue weighted by Gasteiger charge is -1.93. The zero-order chi connectivity index (χ0) is 14.7. The van der Waals surface area contributed by atoms with Crippen LogP contribution in [-0.4, -0.2) is 12.1 Å². The van der Waals surface area contributed by atoms with E-state index in [1.165, 1.54) is 6.26 Å². The molecule has 0 fully saturated rings. The van der Waals surface area contributed by atoms with Gasteiger partial charge in [0.1, 0.15) is 0 Å². The Hall–Kier alpha value is -3.12. The van der Waals surface area contributed by atoms with Crippen LogP contribution in [0.4, 0.5) is 0 Å². The first-order valence-corrected chi connectivity index (χ1v) is 6.36. The molecule has 0 radical (unpaired) electrons. The number of hydrogen-bond acceptors (Lipinski definition) is 3. The third-order valence-corrected chi connectivity index (χ3v) is 3.06. The van der Waals surface area contributed by atoms with Crippen molar-refractivity contribution in [1.29, 1.82) is 0 Å². The van der Waals surface area contributed by atoms with Gasteiger partial charge in [-0.05, 0) is 30.3 Å². The second-order valence-corrected chi connectivity index (χ2v) is 4.46. The Labute approximate surface area is 121 Å². The van der Waals surface area contributed by atoms with Gasteiger partial charge in [-0.3, -0.25) is 9.59 Å². The second-order valence-electron chi connectivity index (χ2n) is 4.46. The van der Waals surface area contributed by atoms with Crippen molar-refractivity contribution < 1.29 is 14.0 Å². The molecule has 3 aromatic rings. The van der Waals surface area contributed by atoms with E-state index in [1.807, 2.05) is 42.5 Å². The summed E-state index contributed by atoms with van der Waals surface area (Å²) in [6, 6.07) is 15.0. The Morgan fingerprint density at radius 1 is 1.00 bits per heavy atom. The molecule has 0 amide bonds. The predicted octanol–water partition coefficient (Wildman–Crippen LogP) is 3.21. The average molecular weight is 274 g/mol. The van der Waals surface area contributed by atoms with Crippen LogP contribution < -0.4 is 0 Å². The number of carbonyl (C=O) groups is 2. The normalized spacial score (nSPS) is 9.90. The van der Waals surface area contributed by atoms with Gasteiger partial charge in [-0.2, -0.15) is 0 Å². The summed E-state index contributed by atoms with van der Waals surface area (Å²) < 4.78 is 5.16. The maximum Gasteiger partial charge on any atom is 0.261 e. The number of carbonyl (C=O) groups excluding carboxylic acids is 2. The number of aldehydes is 1. The molecule has 0 saturated heterocycles. The topological polar surface area (TPSA) is 47.3 Å². The van der Waals surface area contributed by atoms with Gasteiger partial charge in [0.15, 0.2) is 12.0 Å². The highest BCUT2D eigenvalue weighted by Gasteiger charge is 2.13. The first-order valence-electron chi connectivity index (χ1n) is 6.36. The number of rotatable bonds is 2. The van der Waals surface area contributed by atoms with Crippen LogP contribution in [0.25, 0.3) is 10.8 Å². The molecule has 1 heterocycles. The van der Waals surface area contributed by atoms with Crippen LogP contribution in [0.1, 0.15) is 21.7 Å². The van der Waals surface area contributed by atoms with Crippen LogP contribution >= 0.6 is 0 Å². The van der Waals surface area contributed by atoms with E-state index in [4.69, 9.17) is 4.42 Å². The molecule has 0 atom stereocenters. The predicted molar refractivity (Wildman–Crippen MR) is 79.0 cm³/mol. The van der Waals surface area contributed by atoms with Gasteiger partial charge in [-0.1, -0.05) is 30.0 Å². The number of fused-ring (bicyclic) bond motifs is 1. The highest BCUT2D eigenvalue weighted by atomic mass is 16.3. The van der Waals surface area contributed by atoms with Crippen LogP contribution in [0.3, 0.4) is 0 Å². The molecule has 0 spiro atoms. The highest BCUT2D eigenvalue weighted by Crippen LogP contribution is 2.22. The monoisotopic (exact) mass is 274 g/mol. The van der Waals surface area contributed by atoms with E-state index in [9.17, 15) is 9.59 Å². The summed E-state index contributed by atoms with van der Waals surface area (Å²) in [5.41, 5.74) is 1.67. The van der Waals surface area contributed by atoms with Crippen molar-refractivity contribution in [3.05, 3.63) is 71.7 Å². The van der Waals surface area contributed by atoms with Crippen LogP contribution in [0.5, 0.6) is 0 Å². The SMILES string of the molecule is O=CC(=O)c1occ2ccc(C#Cc3ccccc3)cc12. The molecule has 2 aromatic carbocycles. The summed E-state index contributed by atoms with van der Waals surface area (Å²) in [6.45, 7) is 0. The Kier molecular flexibility index (Phi) is 3.36. The van der Waals surface area contributed by atoms with Gasteiger partial charge in [-0.25, -0.2) is 0 Å². The van der Waals surface area contributed by atoms with Crippen LogP contribution in [0.2, 0.25) is 0 Å². The van der Waals surface area contributed by atoms with Gasteiger partial charge in [0.25, 0.3) is 5.78 Å². The summed E-state index contributed by atoms with van der Waals surface area (Å²) in [5.74, 6) is 5.47. The molecular weight excluding hydrogens is 264 g/mol. The largest absolute Gasteiger partial charge is 0.459 e. The molecule has 3 heteroatoms. The summed E-state index contributed by atoms with van der Waals surface area (Å²) in [6.07, 6.45) is 1.71. The summed E-state index contributed by atoms with van der Waals surface area (Å²) >= 11 is 0. The summed E-state index contributed by atoms with van der Waals surface area (Å²) in [7, 11) is 0. The molecule has 100 valence electrons. The van der Waals surface area contributed by atoms with Gasteiger partial charge in [0, 0.05) is 21.9 Å². The fraction of sp³-hybridized carbons (Fsp3) is 0. The lowest BCUT2D eigenvalue weighted by molar-refractivity contribution is -0.104. The summed E-state index contributed by atoms with van der Waals surface area (Å²) in [4.78, 5) is 22.1. The van der Waals surface area contributed by atoms with E-state index in [2.05, 4.69) is 11.8 Å². The number of Topliss-reactive ketones (excluding diaryl/α,β-unsaturated/α-hetero) is 1. The van der Waals surface area contributed by atoms with Gasteiger partial charge >= 0.3 is 0 Å². The summed E-state index contributed by atoms with van der Waals surface area (Å²) in [5, 5.41) is 1.37. The van der Waals surface area contributed by atoms with Crippen LogP contribution in [0, 0.1) is 11.8 Å². The smallest absolute Gasteiger partial charge is 0.261 e. The van der Waals surface area contributed by atoms with E-state index in [-0.39, 0.29) is 12.0 Å². The van der Waals surface area contributed by atoms with E-state index in [0.29, 0.717) is 5.39 Å². The Bertz CT molecular complexity index is 877. The van der Waals surface area contributed by atoms with Crippen molar-refractivity contribution in [3.8, 4) is 11.8 Å². The molecule has 3 rings (SSSR count). The van der Waals surface area contributed by atoms with Crippen molar-refractivity contribution >= 4 is 22.8 Å². The third-order valence-electron chi connectivity index (χ3n) is 3.06. The molecule has 0 N–H and O–H groups in total. The fourth-order valence-corrected chi connectivity index (χ4v) is 2.03. The van der Waals surface area contributed by atoms with E-state index >= 15 is 0 Å². The number of ketones is 1. The molecule has 0 aliphatic rings. The third kappa shape index (κ3) is 2.60. The van der Waals surface area contributed by atoms with Gasteiger partial charge in [-0.15, -0.1) is 0 Å². The zero-order valence-corrected chi connectivity index (χ0v) is 11.0. The molecule has 0 aliphatic carbocycles. The van der Waals surface area contributed by atoms with Crippen molar-refractivity contribution in [1.82, 2.24) is 0 Å². The molecule has 3 nitrogen and oxygen atoms in total. The molecular formula is C18H10O3. The van der Waals surface area contributed by atoms with Gasteiger partial charge in [0.2, 0.25) is 0 Å². The highest BCUT2D eigenvalue weighted by molar-refractivity contribution is 6.35. The second kappa shape index (κ2) is 5.48. The lowest BCUT2D eigenvalue weighted by Crippen LogP contribution is -1.97. The number of benzene rings is 2. The standard InChI is InChI=1S/C18H10O3/c19-11-17(20)18-16-10-14(8-9-15(16)12-21-18)7-6-13-4-2-1-3-5-13/h1-5,8-12H. The molecule has 0 unspecified atom stereocenters. The van der Waals surface area contributed by atoms with Gasteiger partial charge in [0.05, 0.1) is 6.26 Å². The Morgan fingerprint density at radius 3 is 2.52 bits per heavy atom.